The summed E-state index contributed by atoms with van der Waals surface area (Å²) in [5, 5.41) is 0. The first-order chi connectivity index (χ1) is 9.72. The van der Waals surface area contributed by atoms with Gasteiger partial charge in [-0.2, -0.15) is 9.97 Å². The quantitative estimate of drug-likeness (QED) is 0.891. The lowest BCUT2D eigenvalue weighted by Crippen LogP contribution is -2.18. The van der Waals surface area contributed by atoms with E-state index in [1.165, 1.54) is 57.8 Å². The predicted molar refractivity (Wildman–Crippen MR) is 80.4 cm³/mol. The number of hydrogen-bond donors (Lipinski definition) is 1. The maximum Gasteiger partial charge on any atom is 0.223 e. The number of nitrogens with two attached hydrogens (primary N) is 1. The molecule has 0 bridgehead atoms. The molecule has 4 heteroatoms. The van der Waals surface area contributed by atoms with Crippen molar-refractivity contribution in [2.45, 2.75) is 76.5 Å². The minimum atomic E-state index is 0.425. The number of rotatable bonds is 2. The molecule has 3 rings (SSSR count). The molecule has 1 aromatic heterocycles. The van der Waals surface area contributed by atoms with Gasteiger partial charge in [-0.25, -0.2) is 4.98 Å². The largest absolute Gasteiger partial charge is 0.368 e. The van der Waals surface area contributed by atoms with Gasteiger partial charge in [-0.1, -0.05) is 39.0 Å². The minimum absolute atomic E-state index is 0.425. The van der Waals surface area contributed by atoms with Gasteiger partial charge in [-0.3, -0.25) is 0 Å². The Morgan fingerprint density at radius 2 is 1.30 bits per heavy atom. The first-order valence-corrected chi connectivity index (χ1v) is 8.23. The molecule has 2 aliphatic rings. The second-order valence-electron chi connectivity index (χ2n) is 6.70. The van der Waals surface area contributed by atoms with Crippen molar-refractivity contribution in [2.24, 2.45) is 5.92 Å². The van der Waals surface area contributed by atoms with E-state index in [0.717, 1.165) is 17.6 Å². The third-order valence-electron chi connectivity index (χ3n) is 5.04. The average Bonchev–Trinajstić information content (AvgIpc) is 2.48. The third-order valence-corrected chi connectivity index (χ3v) is 5.04. The number of hydrogen-bond acceptors (Lipinski definition) is 4. The lowest BCUT2D eigenvalue weighted by Gasteiger charge is -2.26. The Hall–Kier alpha value is -1.19. The molecule has 110 valence electrons. The Morgan fingerprint density at radius 1 is 0.750 bits per heavy atom. The summed E-state index contributed by atoms with van der Waals surface area (Å²) in [7, 11) is 0. The molecule has 0 saturated heterocycles. The molecule has 0 atom stereocenters. The molecule has 0 unspecified atom stereocenters. The van der Waals surface area contributed by atoms with E-state index in [9.17, 15) is 0 Å². The second kappa shape index (κ2) is 6.06. The zero-order valence-electron chi connectivity index (χ0n) is 12.5. The van der Waals surface area contributed by atoms with E-state index in [0.29, 0.717) is 17.8 Å². The van der Waals surface area contributed by atoms with E-state index in [1.54, 1.807) is 0 Å². The van der Waals surface area contributed by atoms with Gasteiger partial charge in [0.2, 0.25) is 5.95 Å². The van der Waals surface area contributed by atoms with Crippen LogP contribution in [0.15, 0.2) is 0 Å². The molecule has 2 aliphatic carbocycles. The van der Waals surface area contributed by atoms with Crippen molar-refractivity contribution >= 4 is 5.95 Å². The SMILES string of the molecule is CC1CCC(c2nc(N)nc(C3CCCCC3)n2)CC1. The van der Waals surface area contributed by atoms with Crippen LogP contribution in [0, 0.1) is 5.92 Å². The summed E-state index contributed by atoms with van der Waals surface area (Å²) in [6, 6.07) is 0. The Balaban J connectivity index is 1.79. The Labute approximate surface area is 121 Å². The van der Waals surface area contributed by atoms with Crippen LogP contribution in [0.4, 0.5) is 5.95 Å². The molecular formula is C16H26N4. The van der Waals surface area contributed by atoms with Crippen molar-refractivity contribution in [3.05, 3.63) is 11.6 Å². The predicted octanol–water partition coefficient (Wildman–Crippen LogP) is 3.80. The van der Waals surface area contributed by atoms with Crippen molar-refractivity contribution in [3.63, 3.8) is 0 Å². The molecule has 0 aromatic carbocycles. The Bertz CT molecular complexity index is 446. The topological polar surface area (TPSA) is 64.7 Å². The van der Waals surface area contributed by atoms with E-state index in [-0.39, 0.29) is 0 Å². The highest BCUT2D eigenvalue weighted by molar-refractivity contribution is 5.19. The first kappa shape index (κ1) is 13.8. The summed E-state index contributed by atoms with van der Waals surface area (Å²) < 4.78 is 0. The van der Waals surface area contributed by atoms with Crippen molar-refractivity contribution in [1.82, 2.24) is 15.0 Å². The van der Waals surface area contributed by atoms with Crippen LogP contribution in [0.25, 0.3) is 0 Å². The van der Waals surface area contributed by atoms with Crippen LogP contribution in [-0.4, -0.2) is 15.0 Å². The van der Waals surface area contributed by atoms with Crippen molar-refractivity contribution in [3.8, 4) is 0 Å². The molecule has 2 fully saturated rings. The fourth-order valence-corrected chi connectivity index (χ4v) is 3.67. The Kier molecular flexibility index (Phi) is 4.18. The fourth-order valence-electron chi connectivity index (χ4n) is 3.67. The molecule has 0 spiro atoms. The molecule has 2 N–H and O–H groups in total. The van der Waals surface area contributed by atoms with Gasteiger partial charge < -0.3 is 5.73 Å². The van der Waals surface area contributed by atoms with E-state index in [1.807, 2.05) is 0 Å². The third kappa shape index (κ3) is 3.10. The molecule has 1 aromatic rings. The standard InChI is InChI=1S/C16H26N4/c1-11-7-9-13(10-8-11)15-18-14(19-16(17)20-15)12-5-3-2-4-6-12/h11-13H,2-10H2,1H3,(H2,17,18,19,20). The maximum atomic E-state index is 5.94. The highest BCUT2D eigenvalue weighted by Crippen LogP contribution is 2.35. The van der Waals surface area contributed by atoms with Crippen LogP contribution in [0.3, 0.4) is 0 Å². The van der Waals surface area contributed by atoms with Gasteiger partial charge in [-0.15, -0.1) is 0 Å². The summed E-state index contributed by atoms with van der Waals surface area (Å²) in [5.41, 5.74) is 5.94. The highest BCUT2D eigenvalue weighted by Gasteiger charge is 2.25. The lowest BCUT2D eigenvalue weighted by atomic mass is 9.82. The molecular weight excluding hydrogens is 248 g/mol. The maximum absolute atomic E-state index is 5.94. The van der Waals surface area contributed by atoms with Gasteiger partial charge in [0.1, 0.15) is 11.6 Å². The number of aromatic nitrogens is 3. The zero-order valence-corrected chi connectivity index (χ0v) is 12.5. The molecule has 4 nitrogen and oxygen atoms in total. The van der Waals surface area contributed by atoms with Gasteiger partial charge in [0, 0.05) is 11.8 Å². The van der Waals surface area contributed by atoms with Gasteiger partial charge in [-0.05, 0) is 31.6 Å². The van der Waals surface area contributed by atoms with Crippen molar-refractivity contribution in [2.75, 3.05) is 5.73 Å². The smallest absolute Gasteiger partial charge is 0.223 e. The summed E-state index contributed by atoms with van der Waals surface area (Å²) in [5.74, 6) is 4.21. The summed E-state index contributed by atoms with van der Waals surface area (Å²) in [6.07, 6.45) is 11.4. The number of nitrogen functional groups attached to an aromatic ring is 1. The molecule has 0 amide bonds. The van der Waals surface area contributed by atoms with Crippen LogP contribution < -0.4 is 5.73 Å². The molecule has 1 heterocycles. The second-order valence-corrected chi connectivity index (χ2v) is 6.70. The van der Waals surface area contributed by atoms with Crippen molar-refractivity contribution in [1.29, 1.82) is 0 Å². The van der Waals surface area contributed by atoms with Crippen LogP contribution in [0.5, 0.6) is 0 Å². The fraction of sp³-hybridized carbons (Fsp3) is 0.812. The summed E-state index contributed by atoms with van der Waals surface area (Å²) in [4.78, 5) is 13.7. The molecule has 0 aliphatic heterocycles. The van der Waals surface area contributed by atoms with E-state index in [2.05, 4.69) is 16.9 Å². The van der Waals surface area contributed by atoms with Crippen LogP contribution >= 0.6 is 0 Å². The number of anilines is 1. The van der Waals surface area contributed by atoms with E-state index >= 15 is 0 Å². The van der Waals surface area contributed by atoms with Gasteiger partial charge in [0.25, 0.3) is 0 Å². The zero-order chi connectivity index (χ0) is 13.9. The molecule has 2 saturated carbocycles. The summed E-state index contributed by atoms with van der Waals surface area (Å²) >= 11 is 0. The Morgan fingerprint density at radius 3 is 1.90 bits per heavy atom. The lowest BCUT2D eigenvalue weighted by molar-refractivity contribution is 0.337. The molecule has 0 radical (unpaired) electrons. The van der Waals surface area contributed by atoms with Gasteiger partial charge in [0.05, 0.1) is 0 Å². The van der Waals surface area contributed by atoms with Gasteiger partial charge in [0.15, 0.2) is 0 Å². The van der Waals surface area contributed by atoms with Crippen LogP contribution in [-0.2, 0) is 0 Å². The highest BCUT2D eigenvalue weighted by atomic mass is 15.1. The van der Waals surface area contributed by atoms with E-state index < -0.39 is 0 Å². The minimum Gasteiger partial charge on any atom is -0.368 e. The van der Waals surface area contributed by atoms with Crippen LogP contribution in [0.1, 0.15) is 88.2 Å². The number of nitrogens with zero attached hydrogens (tertiary/aromatic N) is 3. The molecule has 20 heavy (non-hydrogen) atoms. The van der Waals surface area contributed by atoms with Gasteiger partial charge >= 0.3 is 0 Å². The van der Waals surface area contributed by atoms with E-state index in [4.69, 9.17) is 10.7 Å². The van der Waals surface area contributed by atoms with Crippen molar-refractivity contribution < 1.29 is 0 Å². The average molecular weight is 274 g/mol. The first-order valence-electron chi connectivity index (χ1n) is 8.23. The van der Waals surface area contributed by atoms with Crippen LogP contribution in [0.2, 0.25) is 0 Å². The summed E-state index contributed by atoms with van der Waals surface area (Å²) in [6.45, 7) is 2.34. The normalized spacial score (nSPS) is 28.4. The monoisotopic (exact) mass is 274 g/mol.